The summed E-state index contributed by atoms with van der Waals surface area (Å²) in [7, 11) is 0. The lowest BCUT2D eigenvalue weighted by molar-refractivity contribution is -0.384. The molecule has 1 fully saturated rings. The van der Waals surface area contributed by atoms with Gasteiger partial charge in [-0.1, -0.05) is 44.2 Å². The first-order chi connectivity index (χ1) is 17.4. The Balaban J connectivity index is 1.54. The van der Waals surface area contributed by atoms with Crippen LogP contribution >= 0.6 is 0 Å². The second-order valence-electron chi connectivity index (χ2n) is 8.85. The molecule has 2 heterocycles. The van der Waals surface area contributed by atoms with Crippen molar-refractivity contribution in [2.24, 2.45) is 0 Å². The summed E-state index contributed by atoms with van der Waals surface area (Å²) in [6, 6.07) is 17.0. The van der Waals surface area contributed by atoms with Crippen molar-refractivity contribution in [3.63, 3.8) is 0 Å². The number of rotatable bonds is 6. The van der Waals surface area contributed by atoms with Crippen molar-refractivity contribution in [3.05, 3.63) is 99.9 Å². The first-order valence-electron chi connectivity index (χ1n) is 11.8. The van der Waals surface area contributed by atoms with E-state index >= 15 is 0 Å². The molecule has 8 heteroatoms. The Bertz CT molecular complexity index is 1300. The number of carbonyl (C=O) groups is 2. The Hall–Kier alpha value is -4.33. The molecule has 0 unspecified atom stereocenters. The average Bonchev–Trinajstić information content (AvgIpc) is 2.91. The van der Waals surface area contributed by atoms with E-state index in [2.05, 4.69) is 11.1 Å². The van der Waals surface area contributed by atoms with E-state index in [-0.39, 0.29) is 23.4 Å². The smallest absolute Gasteiger partial charge is 0.285 e. The minimum Gasteiger partial charge on any atom is -0.336 e. The van der Waals surface area contributed by atoms with E-state index in [1.807, 2.05) is 38.1 Å². The number of benzene rings is 2. The minimum absolute atomic E-state index is 0.105. The molecule has 183 valence electrons. The van der Waals surface area contributed by atoms with Gasteiger partial charge in [0, 0.05) is 44.6 Å². The number of hydrogen-bond acceptors (Lipinski definition) is 5. The zero-order valence-corrected chi connectivity index (χ0v) is 20.3. The van der Waals surface area contributed by atoms with Crippen molar-refractivity contribution < 1.29 is 14.5 Å². The highest BCUT2D eigenvalue weighted by atomic mass is 16.6. The van der Waals surface area contributed by atoms with Crippen molar-refractivity contribution in [3.8, 4) is 11.1 Å². The van der Waals surface area contributed by atoms with Gasteiger partial charge in [-0.25, -0.2) is 0 Å². The highest BCUT2D eigenvalue weighted by molar-refractivity contribution is 5.96. The van der Waals surface area contributed by atoms with Gasteiger partial charge in [0.15, 0.2) is 0 Å². The van der Waals surface area contributed by atoms with Crippen LogP contribution in [0.4, 0.5) is 5.69 Å². The van der Waals surface area contributed by atoms with Gasteiger partial charge >= 0.3 is 0 Å². The number of nitro benzene ring substituents is 1. The first-order valence-corrected chi connectivity index (χ1v) is 11.8. The number of hydrogen-bond donors (Lipinski definition) is 0. The molecule has 0 saturated carbocycles. The van der Waals surface area contributed by atoms with Gasteiger partial charge in [0.1, 0.15) is 0 Å². The number of amides is 2. The van der Waals surface area contributed by atoms with Gasteiger partial charge in [-0.05, 0) is 46.9 Å². The predicted octanol–water partition coefficient (Wildman–Crippen LogP) is 4.58. The fourth-order valence-corrected chi connectivity index (χ4v) is 4.36. The molecule has 8 nitrogen and oxygen atoms in total. The summed E-state index contributed by atoms with van der Waals surface area (Å²) in [5.74, 6) is -0.153. The van der Waals surface area contributed by atoms with Crippen molar-refractivity contribution in [2.75, 3.05) is 26.2 Å². The first kappa shape index (κ1) is 24.8. The summed E-state index contributed by atoms with van der Waals surface area (Å²) in [6.07, 6.45) is 6.22. The van der Waals surface area contributed by atoms with Crippen molar-refractivity contribution in [1.29, 1.82) is 0 Å². The number of nitrogens with zero attached hydrogens (tertiary/aromatic N) is 4. The third-order valence-electron chi connectivity index (χ3n) is 6.24. The van der Waals surface area contributed by atoms with Crippen LogP contribution in [0.2, 0.25) is 0 Å². The summed E-state index contributed by atoms with van der Waals surface area (Å²) in [5, 5.41) is 11.8. The molecule has 4 rings (SSSR count). The monoisotopic (exact) mass is 483 g/mol. The van der Waals surface area contributed by atoms with Crippen LogP contribution in [0, 0.1) is 16.2 Å². The number of nitro groups is 1. The molecule has 3 aromatic rings. The molecule has 2 amide bonds. The number of piperazine rings is 1. The standard InChI is InChI=1S/C28H27N4O4/c1-20(2)23-9-3-4-10-24(23)27-21(7-5-11-25(27)32(35)36)12-13-26(33)30-15-17-31(18-16-30)28(34)22-8-6-14-29-19-22/h3-10,12-14,19-20H,15-18H2,1-2H3/b13-12+. The molecular weight excluding hydrogens is 456 g/mol. The lowest BCUT2D eigenvalue weighted by Gasteiger charge is -2.34. The summed E-state index contributed by atoms with van der Waals surface area (Å²) < 4.78 is 0. The van der Waals surface area contributed by atoms with Crippen LogP contribution in [-0.4, -0.2) is 57.7 Å². The fourth-order valence-electron chi connectivity index (χ4n) is 4.36. The largest absolute Gasteiger partial charge is 0.336 e. The van der Waals surface area contributed by atoms with E-state index in [1.165, 1.54) is 18.3 Å². The number of pyridine rings is 1. The molecule has 1 aliphatic heterocycles. The summed E-state index contributed by atoms with van der Waals surface area (Å²) in [5.41, 5.74) is 3.16. The molecule has 1 radical (unpaired) electrons. The van der Waals surface area contributed by atoms with E-state index in [0.29, 0.717) is 42.9 Å². The van der Waals surface area contributed by atoms with Gasteiger partial charge in [-0.3, -0.25) is 24.7 Å². The highest BCUT2D eigenvalue weighted by Gasteiger charge is 2.25. The van der Waals surface area contributed by atoms with Gasteiger partial charge < -0.3 is 9.80 Å². The Morgan fingerprint density at radius 3 is 2.44 bits per heavy atom. The van der Waals surface area contributed by atoms with Gasteiger partial charge in [-0.15, -0.1) is 0 Å². The SMILES string of the molecule is CC(C)c1ccccc1-c1c([N+](=O)[O-])[c]ccc1/C=C/C(=O)N1CCN(C(=O)c2cccnc2)CC1. The van der Waals surface area contributed by atoms with Crippen LogP contribution in [0.15, 0.2) is 67.0 Å². The topological polar surface area (TPSA) is 96.6 Å². The molecule has 1 aliphatic rings. The maximum Gasteiger partial charge on any atom is 0.285 e. The fraction of sp³-hybridized carbons (Fsp3) is 0.250. The van der Waals surface area contributed by atoms with Gasteiger partial charge in [0.25, 0.3) is 11.6 Å². The van der Waals surface area contributed by atoms with Crippen LogP contribution in [0.25, 0.3) is 17.2 Å². The van der Waals surface area contributed by atoms with Gasteiger partial charge in [0.2, 0.25) is 5.91 Å². The Kier molecular flexibility index (Phi) is 7.53. The zero-order valence-electron chi connectivity index (χ0n) is 20.3. The summed E-state index contributed by atoms with van der Waals surface area (Å²) in [6.45, 7) is 5.73. The van der Waals surface area contributed by atoms with E-state index in [1.54, 1.807) is 40.3 Å². The minimum atomic E-state index is -0.440. The second-order valence-corrected chi connectivity index (χ2v) is 8.85. The lowest BCUT2D eigenvalue weighted by Crippen LogP contribution is -2.50. The molecule has 36 heavy (non-hydrogen) atoms. The average molecular weight is 484 g/mol. The maximum atomic E-state index is 12.9. The molecule has 0 N–H and O–H groups in total. The molecule has 1 saturated heterocycles. The molecule has 0 atom stereocenters. The van der Waals surface area contributed by atoms with Crippen LogP contribution in [0.1, 0.15) is 41.3 Å². The normalized spacial score (nSPS) is 13.9. The lowest BCUT2D eigenvalue weighted by atomic mass is 9.89. The Morgan fingerprint density at radius 2 is 1.78 bits per heavy atom. The molecule has 0 bridgehead atoms. The molecular formula is C28H27N4O4. The molecule has 0 spiro atoms. The highest BCUT2D eigenvalue weighted by Crippen LogP contribution is 2.38. The van der Waals surface area contributed by atoms with E-state index in [9.17, 15) is 19.7 Å². The van der Waals surface area contributed by atoms with E-state index < -0.39 is 4.92 Å². The number of carbonyl (C=O) groups excluding carboxylic acids is 2. The van der Waals surface area contributed by atoms with Gasteiger partial charge in [-0.2, -0.15) is 0 Å². The third kappa shape index (κ3) is 5.33. The van der Waals surface area contributed by atoms with Crippen LogP contribution < -0.4 is 0 Å². The number of aromatic nitrogens is 1. The van der Waals surface area contributed by atoms with Crippen LogP contribution in [-0.2, 0) is 4.79 Å². The van der Waals surface area contributed by atoms with Gasteiger partial charge in [0.05, 0.1) is 22.1 Å². The van der Waals surface area contributed by atoms with Crippen molar-refractivity contribution >= 4 is 23.6 Å². The Labute approximate surface area is 210 Å². The summed E-state index contributed by atoms with van der Waals surface area (Å²) >= 11 is 0. The molecule has 0 aliphatic carbocycles. The van der Waals surface area contributed by atoms with E-state index in [4.69, 9.17) is 0 Å². The quantitative estimate of drug-likeness (QED) is 0.291. The summed E-state index contributed by atoms with van der Waals surface area (Å²) in [4.78, 5) is 44.4. The van der Waals surface area contributed by atoms with Crippen molar-refractivity contribution in [1.82, 2.24) is 14.8 Å². The Morgan fingerprint density at radius 1 is 1.06 bits per heavy atom. The molecule has 1 aromatic heterocycles. The van der Waals surface area contributed by atoms with Crippen LogP contribution in [0.3, 0.4) is 0 Å². The predicted molar refractivity (Wildman–Crippen MR) is 137 cm³/mol. The maximum absolute atomic E-state index is 12.9. The van der Waals surface area contributed by atoms with Crippen LogP contribution in [0.5, 0.6) is 0 Å². The zero-order chi connectivity index (χ0) is 25.7. The molecule has 2 aromatic carbocycles. The third-order valence-corrected chi connectivity index (χ3v) is 6.24. The second kappa shape index (κ2) is 10.9. The van der Waals surface area contributed by atoms with E-state index in [0.717, 1.165) is 11.1 Å². The van der Waals surface area contributed by atoms with Crippen molar-refractivity contribution in [2.45, 2.75) is 19.8 Å².